The SMILES string of the molecule is CN(C)CCC(N)[C@H]1CC[C@H](CC(=O)N[C@H]2Cc3cccc(C(=O)O)c3OB2O)CC1. The number of fused-ring (bicyclic) bond motifs is 1. The van der Waals surface area contributed by atoms with E-state index in [1.54, 1.807) is 12.1 Å². The summed E-state index contributed by atoms with van der Waals surface area (Å²) in [5.41, 5.74) is 7.05. The highest BCUT2D eigenvalue weighted by Crippen LogP contribution is 2.33. The Kier molecular flexibility index (Phi) is 7.97. The van der Waals surface area contributed by atoms with Crippen molar-refractivity contribution in [2.24, 2.45) is 17.6 Å². The number of aromatic carboxylic acids is 1. The molecule has 1 unspecified atom stereocenters. The van der Waals surface area contributed by atoms with Gasteiger partial charge in [0.2, 0.25) is 5.91 Å². The minimum Gasteiger partial charge on any atom is -0.534 e. The van der Waals surface area contributed by atoms with Crippen LogP contribution in [0.5, 0.6) is 5.75 Å². The molecule has 1 amide bonds. The molecular formula is C22H34BN3O5. The number of amides is 1. The summed E-state index contributed by atoms with van der Waals surface area (Å²) in [6.45, 7) is 0.992. The van der Waals surface area contributed by atoms with Gasteiger partial charge in [0.1, 0.15) is 5.75 Å². The van der Waals surface area contributed by atoms with Crippen molar-refractivity contribution in [3.8, 4) is 5.75 Å². The van der Waals surface area contributed by atoms with E-state index in [1.807, 2.05) is 0 Å². The van der Waals surface area contributed by atoms with Crippen molar-refractivity contribution < 1.29 is 24.4 Å². The van der Waals surface area contributed by atoms with Crippen LogP contribution in [0.25, 0.3) is 0 Å². The second-order valence-corrected chi connectivity index (χ2v) is 9.23. The Labute approximate surface area is 184 Å². The van der Waals surface area contributed by atoms with E-state index < -0.39 is 19.0 Å². The molecule has 2 atom stereocenters. The summed E-state index contributed by atoms with van der Waals surface area (Å²) >= 11 is 0. The number of carboxylic acid groups (broad SMARTS) is 1. The predicted octanol–water partition coefficient (Wildman–Crippen LogP) is 1.30. The molecule has 31 heavy (non-hydrogen) atoms. The van der Waals surface area contributed by atoms with E-state index in [4.69, 9.17) is 10.4 Å². The molecule has 0 bridgehead atoms. The lowest BCUT2D eigenvalue weighted by atomic mass is 9.72. The van der Waals surface area contributed by atoms with Gasteiger partial charge in [-0.1, -0.05) is 12.1 Å². The van der Waals surface area contributed by atoms with Gasteiger partial charge in [-0.05, 0) is 82.6 Å². The molecule has 1 aliphatic carbocycles. The summed E-state index contributed by atoms with van der Waals surface area (Å²) in [4.78, 5) is 26.1. The molecule has 170 valence electrons. The standard InChI is InChI=1S/C22H34BN3O5/c1-26(2)11-10-18(24)15-8-6-14(7-9-15)12-20(27)25-19-13-16-4-3-5-17(22(28)29)21(16)31-23(19)30/h3-5,14-15,18-19,30H,6-13,24H2,1-2H3,(H,25,27)(H,28,29)/t14-,15-,18?,19-/m0/s1. The Bertz CT molecular complexity index is 782. The second-order valence-electron chi connectivity index (χ2n) is 9.23. The molecule has 1 aromatic carbocycles. The van der Waals surface area contributed by atoms with Crippen LogP contribution < -0.4 is 15.7 Å². The third kappa shape index (κ3) is 6.21. The number of para-hydroxylation sites is 1. The maximum atomic E-state index is 12.6. The molecule has 1 fully saturated rings. The van der Waals surface area contributed by atoms with Crippen LogP contribution in [0.4, 0.5) is 0 Å². The Balaban J connectivity index is 1.47. The fraction of sp³-hybridized carbons (Fsp3) is 0.636. The minimum atomic E-state index is -1.28. The number of benzene rings is 1. The lowest BCUT2D eigenvalue weighted by molar-refractivity contribution is -0.122. The number of carbonyl (C=O) groups excluding carboxylic acids is 1. The highest BCUT2D eigenvalue weighted by molar-refractivity contribution is 6.47. The lowest BCUT2D eigenvalue weighted by Gasteiger charge is -2.33. The fourth-order valence-electron chi connectivity index (χ4n) is 4.71. The minimum absolute atomic E-state index is 0.0156. The van der Waals surface area contributed by atoms with E-state index in [0.29, 0.717) is 30.2 Å². The van der Waals surface area contributed by atoms with Gasteiger partial charge >= 0.3 is 13.1 Å². The van der Waals surface area contributed by atoms with Gasteiger partial charge in [0, 0.05) is 12.5 Å². The number of nitrogens with zero attached hydrogens (tertiary/aromatic N) is 1. The molecule has 0 spiro atoms. The Morgan fingerprint density at radius 2 is 2.00 bits per heavy atom. The summed E-state index contributed by atoms with van der Waals surface area (Å²) in [7, 11) is 2.84. The quantitative estimate of drug-likeness (QED) is 0.457. The molecule has 1 heterocycles. The zero-order valence-corrected chi connectivity index (χ0v) is 18.4. The Hall–Kier alpha value is -2.10. The van der Waals surface area contributed by atoms with Gasteiger partial charge < -0.3 is 30.7 Å². The van der Waals surface area contributed by atoms with E-state index in [2.05, 4.69) is 24.3 Å². The first-order valence-corrected chi connectivity index (χ1v) is 11.1. The molecule has 0 aromatic heterocycles. The first-order chi connectivity index (χ1) is 14.7. The predicted molar refractivity (Wildman–Crippen MR) is 119 cm³/mol. The molecule has 2 aliphatic rings. The van der Waals surface area contributed by atoms with Crippen molar-refractivity contribution in [1.82, 2.24) is 10.2 Å². The van der Waals surface area contributed by atoms with Crippen molar-refractivity contribution in [2.75, 3.05) is 20.6 Å². The van der Waals surface area contributed by atoms with E-state index >= 15 is 0 Å². The van der Waals surface area contributed by atoms with Crippen LogP contribution in [0.1, 0.15) is 54.4 Å². The van der Waals surface area contributed by atoms with Gasteiger partial charge in [-0.25, -0.2) is 4.79 Å². The van der Waals surface area contributed by atoms with Crippen molar-refractivity contribution in [3.05, 3.63) is 29.3 Å². The second kappa shape index (κ2) is 10.5. The van der Waals surface area contributed by atoms with Gasteiger partial charge in [0.15, 0.2) is 0 Å². The topological polar surface area (TPSA) is 125 Å². The molecular weight excluding hydrogens is 397 g/mol. The number of rotatable bonds is 8. The smallest absolute Gasteiger partial charge is 0.534 e. The maximum Gasteiger partial charge on any atom is 0.547 e. The summed E-state index contributed by atoms with van der Waals surface area (Å²) in [5.74, 6) is -0.788. The molecule has 9 heteroatoms. The zero-order valence-electron chi connectivity index (χ0n) is 18.4. The fourth-order valence-corrected chi connectivity index (χ4v) is 4.71. The van der Waals surface area contributed by atoms with Crippen LogP contribution in [-0.4, -0.2) is 66.6 Å². The lowest BCUT2D eigenvalue weighted by Crippen LogP contribution is -2.53. The van der Waals surface area contributed by atoms with E-state index in [9.17, 15) is 19.7 Å². The summed E-state index contributed by atoms with van der Waals surface area (Å²) in [5, 5.41) is 22.5. The van der Waals surface area contributed by atoms with Crippen LogP contribution in [0.3, 0.4) is 0 Å². The normalized spacial score (nSPS) is 24.3. The largest absolute Gasteiger partial charge is 0.547 e. The number of nitrogens with two attached hydrogens (primary N) is 1. The average Bonchev–Trinajstić information content (AvgIpc) is 2.72. The average molecular weight is 431 g/mol. The van der Waals surface area contributed by atoms with E-state index in [-0.39, 0.29) is 23.3 Å². The monoisotopic (exact) mass is 431 g/mol. The first-order valence-electron chi connectivity index (χ1n) is 11.1. The number of carboxylic acids is 1. The highest BCUT2D eigenvalue weighted by Gasteiger charge is 2.38. The third-order valence-corrected chi connectivity index (χ3v) is 6.58. The van der Waals surface area contributed by atoms with Crippen LogP contribution in [0.15, 0.2) is 18.2 Å². The molecule has 0 radical (unpaired) electrons. The van der Waals surface area contributed by atoms with Crippen LogP contribution >= 0.6 is 0 Å². The van der Waals surface area contributed by atoms with Gasteiger partial charge in [0.25, 0.3) is 0 Å². The van der Waals surface area contributed by atoms with Gasteiger partial charge in [-0.15, -0.1) is 0 Å². The molecule has 5 N–H and O–H groups in total. The summed E-state index contributed by atoms with van der Waals surface area (Å²) in [6.07, 6.45) is 5.82. The van der Waals surface area contributed by atoms with E-state index in [1.165, 1.54) is 6.07 Å². The summed E-state index contributed by atoms with van der Waals surface area (Å²) in [6, 6.07) is 5.05. The number of hydrogen-bond acceptors (Lipinski definition) is 6. The molecule has 1 aromatic rings. The molecule has 3 rings (SSSR count). The van der Waals surface area contributed by atoms with E-state index in [0.717, 1.165) is 38.6 Å². The maximum absolute atomic E-state index is 12.6. The number of carbonyl (C=O) groups is 2. The highest BCUT2D eigenvalue weighted by atomic mass is 16.5. The van der Waals surface area contributed by atoms with Crippen LogP contribution in [0, 0.1) is 11.8 Å². The van der Waals surface area contributed by atoms with Gasteiger partial charge in [-0.3, -0.25) is 4.79 Å². The van der Waals surface area contributed by atoms with Crippen molar-refractivity contribution in [1.29, 1.82) is 0 Å². The van der Waals surface area contributed by atoms with Gasteiger partial charge in [-0.2, -0.15) is 0 Å². The van der Waals surface area contributed by atoms with Crippen LogP contribution in [-0.2, 0) is 11.2 Å². The number of hydrogen-bond donors (Lipinski definition) is 4. The first kappa shape index (κ1) is 23.6. The summed E-state index contributed by atoms with van der Waals surface area (Å²) < 4.78 is 5.45. The molecule has 8 nitrogen and oxygen atoms in total. The van der Waals surface area contributed by atoms with Crippen molar-refractivity contribution >= 4 is 19.0 Å². The third-order valence-electron chi connectivity index (χ3n) is 6.58. The Morgan fingerprint density at radius 1 is 1.29 bits per heavy atom. The van der Waals surface area contributed by atoms with Gasteiger partial charge in [0.05, 0.1) is 11.5 Å². The zero-order chi connectivity index (χ0) is 22.5. The van der Waals surface area contributed by atoms with Crippen molar-refractivity contribution in [2.45, 2.75) is 56.9 Å². The Morgan fingerprint density at radius 3 is 2.65 bits per heavy atom. The van der Waals surface area contributed by atoms with Crippen molar-refractivity contribution in [3.63, 3.8) is 0 Å². The molecule has 1 aliphatic heterocycles. The molecule has 0 saturated heterocycles. The number of nitrogens with one attached hydrogen (secondary N) is 1. The molecule has 1 saturated carbocycles. The van der Waals surface area contributed by atoms with Crippen LogP contribution in [0.2, 0.25) is 0 Å².